The summed E-state index contributed by atoms with van der Waals surface area (Å²) in [6.07, 6.45) is 1.91. The van der Waals surface area contributed by atoms with Gasteiger partial charge >= 0.3 is 0 Å². The number of rotatable bonds is 2. The second-order valence-electron chi connectivity index (χ2n) is 4.37. The van der Waals surface area contributed by atoms with Crippen LogP contribution in [0.25, 0.3) is 10.9 Å². The van der Waals surface area contributed by atoms with E-state index in [4.69, 9.17) is 10.00 Å². The number of aromatic nitrogens is 1. The van der Waals surface area contributed by atoms with Crippen LogP contribution in [0.5, 0.6) is 11.5 Å². The van der Waals surface area contributed by atoms with Crippen molar-refractivity contribution >= 4 is 10.9 Å². The van der Waals surface area contributed by atoms with Gasteiger partial charge < -0.3 is 9.72 Å². The third-order valence-electron chi connectivity index (χ3n) is 3.14. The Morgan fingerprint density at radius 3 is 2.89 bits per heavy atom. The molecular weight excluding hydrogens is 236 g/mol. The van der Waals surface area contributed by atoms with E-state index in [1.165, 1.54) is 0 Å². The summed E-state index contributed by atoms with van der Waals surface area (Å²) in [5.41, 5.74) is 2.77. The van der Waals surface area contributed by atoms with Gasteiger partial charge in [-0.3, -0.25) is 0 Å². The molecule has 2 aromatic carbocycles. The number of nitrogens with one attached hydrogen (secondary N) is 1. The number of ether oxygens (including phenoxy) is 1. The van der Waals surface area contributed by atoms with E-state index in [1.54, 1.807) is 12.1 Å². The molecular formula is C16H12N2O. The van der Waals surface area contributed by atoms with Crippen molar-refractivity contribution in [3.63, 3.8) is 0 Å². The van der Waals surface area contributed by atoms with Crippen molar-refractivity contribution < 1.29 is 4.74 Å². The van der Waals surface area contributed by atoms with E-state index in [0.717, 1.165) is 22.2 Å². The molecule has 0 radical (unpaired) electrons. The van der Waals surface area contributed by atoms with Crippen molar-refractivity contribution in [2.75, 3.05) is 0 Å². The fraction of sp³-hybridized carbons (Fsp3) is 0.0625. The van der Waals surface area contributed by atoms with Crippen LogP contribution in [0.4, 0.5) is 0 Å². The summed E-state index contributed by atoms with van der Waals surface area (Å²) in [7, 11) is 0. The molecule has 1 N–H and O–H groups in total. The molecule has 3 heteroatoms. The van der Waals surface area contributed by atoms with E-state index in [1.807, 2.05) is 43.5 Å². The molecule has 0 bridgehead atoms. The normalized spacial score (nSPS) is 10.3. The molecule has 1 aromatic heterocycles. The lowest BCUT2D eigenvalue weighted by atomic mass is 10.1. The number of benzene rings is 2. The third-order valence-corrected chi connectivity index (χ3v) is 3.14. The Bertz CT molecular complexity index is 781. The quantitative estimate of drug-likeness (QED) is 0.740. The summed E-state index contributed by atoms with van der Waals surface area (Å²) in [6.45, 7) is 2.03. The van der Waals surface area contributed by atoms with Gasteiger partial charge in [-0.25, -0.2) is 0 Å². The molecule has 3 rings (SSSR count). The minimum Gasteiger partial charge on any atom is -0.457 e. The van der Waals surface area contributed by atoms with Gasteiger partial charge in [-0.1, -0.05) is 6.07 Å². The molecule has 0 spiro atoms. The molecule has 0 aliphatic rings. The second kappa shape index (κ2) is 4.51. The minimum absolute atomic E-state index is 0.595. The Kier molecular flexibility index (Phi) is 2.70. The first-order valence-electron chi connectivity index (χ1n) is 6.02. The van der Waals surface area contributed by atoms with Gasteiger partial charge in [0.25, 0.3) is 0 Å². The molecule has 1 heterocycles. The van der Waals surface area contributed by atoms with Crippen LogP contribution in [0.15, 0.2) is 48.7 Å². The van der Waals surface area contributed by atoms with Crippen molar-refractivity contribution in [2.24, 2.45) is 0 Å². The van der Waals surface area contributed by atoms with Gasteiger partial charge in [0.2, 0.25) is 0 Å². The summed E-state index contributed by atoms with van der Waals surface area (Å²) in [4.78, 5) is 3.17. The Morgan fingerprint density at radius 2 is 2.05 bits per heavy atom. The minimum atomic E-state index is 0.595. The molecule has 0 saturated heterocycles. The number of aromatic amines is 1. The van der Waals surface area contributed by atoms with E-state index in [-0.39, 0.29) is 0 Å². The first-order valence-corrected chi connectivity index (χ1v) is 6.02. The Morgan fingerprint density at radius 1 is 1.16 bits per heavy atom. The van der Waals surface area contributed by atoms with Gasteiger partial charge in [-0.15, -0.1) is 0 Å². The molecule has 92 valence electrons. The van der Waals surface area contributed by atoms with E-state index in [9.17, 15) is 0 Å². The lowest BCUT2D eigenvalue weighted by Crippen LogP contribution is -1.88. The molecule has 0 saturated carbocycles. The van der Waals surface area contributed by atoms with E-state index >= 15 is 0 Å². The Labute approximate surface area is 111 Å². The highest BCUT2D eigenvalue weighted by Crippen LogP contribution is 2.30. The summed E-state index contributed by atoms with van der Waals surface area (Å²) in [5, 5.41) is 10.0. The van der Waals surface area contributed by atoms with Crippen molar-refractivity contribution in [2.45, 2.75) is 6.92 Å². The predicted molar refractivity (Wildman–Crippen MR) is 74.3 cm³/mol. The zero-order valence-corrected chi connectivity index (χ0v) is 10.5. The van der Waals surface area contributed by atoms with Crippen LogP contribution >= 0.6 is 0 Å². The topological polar surface area (TPSA) is 48.8 Å². The van der Waals surface area contributed by atoms with Crippen molar-refractivity contribution in [1.29, 1.82) is 5.26 Å². The monoisotopic (exact) mass is 248 g/mol. The largest absolute Gasteiger partial charge is 0.457 e. The molecule has 0 fully saturated rings. The molecule has 3 aromatic rings. The highest BCUT2D eigenvalue weighted by Gasteiger charge is 2.06. The fourth-order valence-electron chi connectivity index (χ4n) is 2.13. The number of nitriles is 1. The molecule has 0 aliphatic heterocycles. The van der Waals surface area contributed by atoms with Gasteiger partial charge in [-0.2, -0.15) is 5.26 Å². The zero-order chi connectivity index (χ0) is 13.2. The van der Waals surface area contributed by atoms with Crippen LogP contribution in [-0.4, -0.2) is 4.98 Å². The molecule has 19 heavy (non-hydrogen) atoms. The molecule has 0 atom stereocenters. The van der Waals surface area contributed by atoms with Gasteiger partial charge in [0.15, 0.2) is 0 Å². The van der Waals surface area contributed by atoms with Crippen molar-refractivity contribution in [3.8, 4) is 17.6 Å². The van der Waals surface area contributed by atoms with Crippen LogP contribution in [-0.2, 0) is 0 Å². The fourth-order valence-corrected chi connectivity index (χ4v) is 2.13. The van der Waals surface area contributed by atoms with E-state index in [0.29, 0.717) is 11.3 Å². The number of hydrogen-bond acceptors (Lipinski definition) is 2. The molecule has 3 nitrogen and oxygen atoms in total. The standard InChI is InChI=1S/C16H12N2O/c1-11-14-7-8-18-15(14)5-6-16(11)19-13-4-2-3-12(9-13)10-17/h2-9,18H,1H3. The number of nitrogens with zero attached hydrogens (tertiary/aromatic N) is 1. The average molecular weight is 248 g/mol. The van der Waals surface area contributed by atoms with Crippen molar-refractivity contribution in [3.05, 3.63) is 59.8 Å². The number of H-pyrrole nitrogens is 1. The number of fused-ring (bicyclic) bond motifs is 1. The maximum absolute atomic E-state index is 8.89. The van der Waals surface area contributed by atoms with Crippen LogP contribution in [0.3, 0.4) is 0 Å². The smallest absolute Gasteiger partial charge is 0.131 e. The predicted octanol–water partition coefficient (Wildman–Crippen LogP) is 4.14. The maximum Gasteiger partial charge on any atom is 0.131 e. The number of aryl methyl sites for hydroxylation is 1. The molecule has 0 aliphatic carbocycles. The first-order chi connectivity index (χ1) is 9.28. The van der Waals surface area contributed by atoms with E-state index < -0.39 is 0 Å². The summed E-state index contributed by atoms with van der Waals surface area (Å²) >= 11 is 0. The maximum atomic E-state index is 8.89. The first kappa shape index (κ1) is 11.4. The van der Waals surface area contributed by atoms with Crippen LogP contribution < -0.4 is 4.74 Å². The van der Waals surface area contributed by atoms with Crippen LogP contribution in [0.2, 0.25) is 0 Å². The SMILES string of the molecule is Cc1c(Oc2cccc(C#N)c2)ccc2[nH]ccc12. The van der Waals surface area contributed by atoms with Crippen molar-refractivity contribution in [1.82, 2.24) is 4.98 Å². The van der Waals surface area contributed by atoms with Crippen LogP contribution in [0.1, 0.15) is 11.1 Å². The molecule has 0 amide bonds. The van der Waals surface area contributed by atoms with Crippen LogP contribution in [0, 0.1) is 18.3 Å². The van der Waals surface area contributed by atoms with Gasteiger partial charge in [0.05, 0.1) is 11.6 Å². The second-order valence-corrected chi connectivity index (χ2v) is 4.37. The average Bonchev–Trinajstić information content (AvgIpc) is 2.91. The van der Waals surface area contributed by atoms with Gasteiger partial charge in [-0.05, 0) is 43.3 Å². The molecule has 0 unspecified atom stereocenters. The van der Waals surface area contributed by atoms with Gasteiger partial charge in [0, 0.05) is 22.7 Å². The summed E-state index contributed by atoms with van der Waals surface area (Å²) in [5.74, 6) is 1.49. The lowest BCUT2D eigenvalue weighted by molar-refractivity contribution is 0.480. The highest BCUT2D eigenvalue weighted by atomic mass is 16.5. The lowest BCUT2D eigenvalue weighted by Gasteiger charge is -2.09. The number of hydrogen-bond donors (Lipinski definition) is 1. The van der Waals surface area contributed by atoms with E-state index in [2.05, 4.69) is 11.1 Å². The van der Waals surface area contributed by atoms with Gasteiger partial charge in [0.1, 0.15) is 11.5 Å². The Balaban J connectivity index is 2.01. The highest BCUT2D eigenvalue weighted by molar-refractivity contribution is 5.85. The summed E-state index contributed by atoms with van der Waals surface area (Å²) in [6, 6.07) is 15.2. The third kappa shape index (κ3) is 2.04. The Hall–Kier alpha value is -2.73. The summed E-state index contributed by atoms with van der Waals surface area (Å²) < 4.78 is 5.86. The zero-order valence-electron chi connectivity index (χ0n) is 10.5.